The van der Waals surface area contributed by atoms with Gasteiger partial charge in [0, 0.05) is 12.7 Å². The highest BCUT2D eigenvalue weighted by atomic mass is 16.6. The molecule has 2 aliphatic rings. The third-order valence-electron chi connectivity index (χ3n) is 5.08. The summed E-state index contributed by atoms with van der Waals surface area (Å²) in [5.74, 6) is -0.728. The molecule has 0 radical (unpaired) electrons. The second-order valence-electron chi connectivity index (χ2n) is 7.29. The third kappa shape index (κ3) is 4.80. The summed E-state index contributed by atoms with van der Waals surface area (Å²) in [5.41, 5.74) is 8.55. The molecule has 5 nitrogen and oxygen atoms in total. The SMILES string of the molecule is C=C1C(=O)OC2(N)/C=C(\C)CC(OC)/C=C(\C=O)CCC/C(C)=C\CC12. The lowest BCUT2D eigenvalue weighted by Crippen LogP contribution is -2.44. The van der Waals surface area contributed by atoms with Crippen molar-refractivity contribution in [1.82, 2.24) is 0 Å². The molecule has 0 aromatic carbocycles. The summed E-state index contributed by atoms with van der Waals surface area (Å²) in [7, 11) is 1.62. The van der Waals surface area contributed by atoms with Crippen LogP contribution in [0.4, 0.5) is 0 Å². The van der Waals surface area contributed by atoms with Crippen LogP contribution in [0.1, 0.15) is 46.0 Å². The van der Waals surface area contributed by atoms with Crippen LogP contribution in [-0.2, 0) is 19.1 Å². The van der Waals surface area contributed by atoms with Crippen LogP contribution in [0.3, 0.4) is 0 Å². The summed E-state index contributed by atoms with van der Waals surface area (Å²) in [4.78, 5) is 23.4. The Kier molecular flexibility index (Phi) is 6.73. The maximum absolute atomic E-state index is 12.1. The van der Waals surface area contributed by atoms with Gasteiger partial charge in [-0.3, -0.25) is 10.5 Å². The normalized spacial score (nSPS) is 37.2. The number of rotatable bonds is 2. The molecular weight excluding hydrogens is 330 g/mol. The van der Waals surface area contributed by atoms with Crippen molar-refractivity contribution in [2.75, 3.05) is 7.11 Å². The van der Waals surface area contributed by atoms with Gasteiger partial charge in [0.25, 0.3) is 0 Å². The largest absolute Gasteiger partial charge is 0.436 e. The smallest absolute Gasteiger partial charge is 0.335 e. The molecule has 0 aromatic rings. The zero-order valence-electron chi connectivity index (χ0n) is 15.9. The lowest BCUT2D eigenvalue weighted by Gasteiger charge is -2.27. The van der Waals surface area contributed by atoms with Crippen molar-refractivity contribution in [3.8, 4) is 0 Å². The Labute approximate surface area is 155 Å². The van der Waals surface area contributed by atoms with Crippen molar-refractivity contribution in [3.05, 3.63) is 47.1 Å². The number of hydrogen-bond acceptors (Lipinski definition) is 5. The molecule has 142 valence electrons. The second-order valence-corrected chi connectivity index (χ2v) is 7.29. The summed E-state index contributed by atoms with van der Waals surface area (Å²) < 4.78 is 11.0. The number of ether oxygens (including phenoxy) is 2. The van der Waals surface area contributed by atoms with E-state index in [-0.39, 0.29) is 12.0 Å². The van der Waals surface area contributed by atoms with Crippen LogP contribution < -0.4 is 5.73 Å². The van der Waals surface area contributed by atoms with E-state index < -0.39 is 11.7 Å². The van der Waals surface area contributed by atoms with Crippen molar-refractivity contribution in [1.29, 1.82) is 0 Å². The molecular formula is C21H29NO4. The lowest BCUT2D eigenvalue weighted by molar-refractivity contribution is -0.143. The first-order chi connectivity index (χ1) is 12.3. The van der Waals surface area contributed by atoms with E-state index in [2.05, 4.69) is 12.7 Å². The van der Waals surface area contributed by atoms with Gasteiger partial charge in [-0.1, -0.05) is 23.8 Å². The third-order valence-corrected chi connectivity index (χ3v) is 5.08. The number of carbonyl (C=O) groups excluding carboxylic acids is 2. The topological polar surface area (TPSA) is 78.6 Å². The standard InChI is InChI=1S/C21H29NO4/c1-14-6-5-7-17(13-23)11-18(25-4)10-15(2)12-21(22)19(9-8-14)16(3)20(24)26-21/h8,11-13,18-19H,3,5-7,9-10,22H2,1-2,4H3/b14-8-,15-12+,17-11-. The minimum Gasteiger partial charge on any atom is -0.436 e. The number of carbonyl (C=O) groups is 2. The number of nitrogens with two attached hydrogens (primary N) is 1. The fourth-order valence-corrected chi connectivity index (χ4v) is 3.55. The molecule has 3 atom stereocenters. The minimum absolute atomic E-state index is 0.228. The Morgan fingerprint density at radius 3 is 2.73 bits per heavy atom. The maximum Gasteiger partial charge on any atom is 0.335 e. The van der Waals surface area contributed by atoms with E-state index in [0.29, 0.717) is 18.4 Å². The van der Waals surface area contributed by atoms with E-state index in [0.717, 1.165) is 36.7 Å². The van der Waals surface area contributed by atoms with Crippen molar-refractivity contribution in [3.63, 3.8) is 0 Å². The van der Waals surface area contributed by atoms with Gasteiger partial charge in [-0.05, 0) is 63.7 Å². The molecule has 0 amide bonds. The Bertz CT molecular complexity index is 673. The molecule has 1 aliphatic heterocycles. The highest BCUT2D eigenvalue weighted by Gasteiger charge is 2.47. The highest BCUT2D eigenvalue weighted by molar-refractivity contribution is 5.91. The van der Waals surface area contributed by atoms with E-state index in [9.17, 15) is 9.59 Å². The molecule has 1 saturated heterocycles. The molecule has 1 aliphatic carbocycles. The maximum atomic E-state index is 12.1. The molecule has 0 bridgehead atoms. The van der Waals surface area contributed by atoms with E-state index >= 15 is 0 Å². The molecule has 1 heterocycles. The van der Waals surface area contributed by atoms with E-state index in [1.807, 2.05) is 19.9 Å². The average Bonchev–Trinajstić information content (AvgIpc) is 2.79. The number of aldehydes is 1. The number of allylic oxidation sites excluding steroid dienone is 3. The first-order valence-corrected chi connectivity index (χ1v) is 9.02. The van der Waals surface area contributed by atoms with Gasteiger partial charge >= 0.3 is 5.97 Å². The van der Waals surface area contributed by atoms with E-state index in [4.69, 9.17) is 15.2 Å². The first-order valence-electron chi connectivity index (χ1n) is 9.02. The minimum atomic E-state index is -1.20. The van der Waals surface area contributed by atoms with Crippen LogP contribution in [0.25, 0.3) is 0 Å². The molecule has 3 unspecified atom stereocenters. The van der Waals surface area contributed by atoms with Crippen LogP contribution in [0.2, 0.25) is 0 Å². The Balaban J connectivity index is 2.40. The number of fused-ring (bicyclic) bond motifs is 1. The van der Waals surface area contributed by atoms with Gasteiger partial charge in [0.2, 0.25) is 0 Å². The van der Waals surface area contributed by atoms with Crippen molar-refractivity contribution in [2.24, 2.45) is 11.7 Å². The lowest BCUT2D eigenvalue weighted by atomic mass is 9.86. The number of methoxy groups -OCH3 is 1. The molecule has 1 fully saturated rings. The summed E-state index contributed by atoms with van der Waals surface area (Å²) >= 11 is 0. The number of hydrogen-bond donors (Lipinski definition) is 1. The molecule has 2 N–H and O–H groups in total. The van der Waals surface area contributed by atoms with Gasteiger partial charge in [-0.15, -0.1) is 0 Å². The monoisotopic (exact) mass is 359 g/mol. The molecule has 0 saturated carbocycles. The van der Waals surface area contributed by atoms with Crippen LogP contribution in [0, 0.1) is 5.92 Å². The predicted molar refractivity (Wildman–Crippen MR) is 101 cm³/mol. The summed E-state index contributed by atoms with van der Waals surface area (Å²) in [6.45, 7) is 7.86. The fraction of sp³-hybridized carbons (Fsp3) is 0.524. The fourth-order valence-electron chi connectivity index (χ4n) is 3.55. The molecule has 0 aromatic heterocycles. The van der Waals surface area contributed by atoms with Gasteiger partial charge < -0.3 is 9.47 Å². The van der Waals surface area contributed by atoms with Gasteiger partial charge in [-0.2, -0.15) is 0 Å². The van der Waals surface area contributed by atoms with Crippen LogP contribution in [0.15, 0.2) is 47.1 Å². The predicted octanol–water partition coefficient (Wildman–Crippen LogP) is 3.37. The van der Waals surface area contributed by atoms with Gasteiger partial charge in [0.1, 0.15) is 6.29 Å². The Hall–Kier alpha value is -1.98. The summed E-state index contributed by atoms with van der Waals surface area (Å²) in [6.07, 6.45) is 10.1. The van der Waals surface area contributed by atoms with Crippen molar-refractivity contribution < 1.29 is 19.1 Å². The Morgan fingerprint density at radius 1 is 1.35 bits per heavy atom. The quantitative estimate of drug-likeness (QED) is 0.354. The van der Waals surface area contributed by atoms with Gasteiger partial charge in [0.15, 0.2) is 5.72 Å². The Morgan fingerprint density at radius 2 is 2.08 bits per heavy atom. The number of esters is 1. The highest BCUT2D eigenvalue weighted by Crippen LogP contribution is 2.38. The van der Waals surface area contributed by atoms with E-state index in [1.165, 1.54) is 5.57 Å². The zero-order chi connectivity index (χ0) is 19.3. The molecule has 26 heavy (non-hydrogen) atoms. The van der Waals surface area contributed by atoms with Crippen LogP contribution in [-0.4, -0.2) is 31.2 Å². The van der Waals surface area contributed by atoms with Crippen LogP contribution >= 0.6 is 0 Å². The van der Waals surface area contributed by atoms with Gasteiger partial charge in [0.05, 0.1) is 12.0 Å². The first kappa shape index (κ1) is 20.3. The molecule has 2 rings (SSSR count). The van der Waals surface area contributed by atoms with E-state index in [1.54, 1.807) is 13.2 Å². The van der Waals surface area contributed by atoms with Crippen LogP contribution in [0.5, 0.6) is 0 Å². The average molecular weight is 359 g/mol. The molecule has 0 spiro atoms. The molecule has 5 heteroatoms. The summed E-state index contributed by atoms with van der Waals surface area (Å²) in [6, 6.07) is 0. The van der Waals surface area contributed by atoms with Crippen molar-refractivity contribution in [2.45, 2.75) is 57.8 Å². The van der Waals surface area contributed by atoms with Gasteiger partial charge in [-0.25, -0.2) is 4.79 Å². The summed E-state index contributed by atoms with van der Waals surface area (Å²) in [5, 5.41) is 0. The zero-order valence-corrected chi connectivity index (χ0v) is 15.9. The van der Waals surface area contributed by atoms with Crippen molar-refractivity contribution >= 4 is 12.3 Å². The second kappa shape index (κ2) is 8.60.